The first-order chi connectivity index (χ1) is 13.2. The molecule has 5 N–H and O–H groups in total. The molecule has 0 saturated carbocycles. The highest BCUT2D eigenvalue weighted by Gasteiger charge is 2.16. The lowest BCUT2D eigenvalue weighted by atomic mass is 10.1. The number of sulfonamides is 1. The van der Waals surface area contributed by atoms with E-state index in [1.165, 1.54) is 24.3 Å². The Kier molecular flexibility index (Phi) is 5.30. The zero-order valence-corrected chi connectivity index (χ0v) is 16.8. The van der Waals surface area contributed by atoms with Gasteiger partial charge in [-0.05, 0) is 49.4 Å². The molecule has 0 unspecified atom stereocenters. The van der Waals surface area contributed by atoms with E-state index in [4.69, 9.17) is 23.1 Å². The van der Waals surface area contributed by atoms with E-state index in [9.17, 15) is 8.42 Å². The minimum Gasteiger partial charge on any atom is -0.369 e. The summed E-state index contributed by atoms with van der Waals surface area (Å²) in [5, 5.41) is 8.96. The van der Waals surface area contributed by atoms with E-state index >= 15 is 0 Å². The molecule has 3 rings (SSSR count). The van der Waals surface area contributed by atoms with Gasteiger partial charge >= 0.3 is 0 Å². The Balaban J connectivity index is 2.02. The lowest BCUT2D eigenvalue weighted by molar-refractivity contribution is 0.601. The van der Waals surface area contributed by atoms with Crippen LogP contribution in [0.4, 0.5) is 5.69 Å². The van der Waals surface area contributed by atoms with Crippen molar-refractivity contribution in [2.75, 3.05) is 4.72 Å². The van der Waals surface area contributed by atoms with Crippen LogP contribution in [-0.2, 0) is 17.1 Å². The van der Waals surface area contributed by atoms with Gasteiger partial charge in [-0.15, -0.1) is 5.10 Å². The summed E-state index contributed by atoms with van der Waals surface area (Å²) in [7, 11) is -1.86. The molecule has 0 aliphatic heterocycles. The van der Waals surface area contributed by atoms with Gasteiger partial charge in [0.1, 0.15) is 0 Å². The van der Waals surface area contributed by atoms with E-state index in [0.717, 1.165) is 16.5 Å². The fourth-order valence-electron chi connectivity index (χ4n) is 2.76. The topological polar surface area (TPSA) is 128 Å². The zero-order valence-electron chi connectivity index (χ0n) is 15.2. The lowest BCUT2D eigenvalue weighted by Crippen LogP contribution is -2.22. The third-order valence-electron chi connectivity index (χ3n) is 4.07. The van der Waals surface area contributed by atoms with Crippen molar-refractivity contribution >= 4 is 49.9 Å². The Hall–Kier alpha value is -3.04. The number of hydrogen-bond acceptors (Lipinski definition) is 4. The summed E-state index contributed by atoms with van der Waals surface area (Å²) in [5.41, 5.74) is 13.4. The molecule has 28 heavy (non-hydrogen) atoms. The number of nitrogens with one attached hydrogen (secondary N) is 1. The van der Waals surface area contributed by atoms with Crippen molar-refractivity contribution < 1.29 is 8.42 Å². The van der Waals surface area contributed by atoms with E-state index in [1.54, 1.807) is 19.1 Å². The minimum absolute atomic E-state index is 0.121. The molecule has 1 aromatic heterocycles. The molecule has 146 valence electrons. The van der Waals surface area contributed by atoms with Crippen LogP contribution in [0.3, 0.4) is 0 Å². The molecule has 1 heterocycles. The highest BCUT2D eigenvalue weighted by molar-refractivity contribution is 7.92. The number of aryl methyl sites for hydroxylation is 1. The van der Waals surface area contributed by atoms with Crippen molar-refractivity contribution in [1.29, 1.82) is 0 Å². The molecular formula is C18H19ClN6O2S. The van der Waals surface area contributed by atoms with Gasteiger partial charge < -0.3 is 16.0 Å². The quantitative estimate of drug-likeness (QED) is 0.334. The van der Waals surface area contributed by atoms with Gasteiger partial charge in [0.05, 0.1) is 10.6 Å². The minimum atomic E-state index is -3.75. The maximum Gasteiger partial charge on any atom is 0.261 e. The third kappa shape index (κ3) is 4.10. The number of halogens is 1. The second kappa shape index (κ2) is 7.53. The van der Waals surface area contributed by atoms with E-state index in [-0.39, 0.29) is 10.9 Å². The first-order valence-electron chi connectivity index (χ1n) is 8.18. The number of benzene rings is 2. The monoisotopic (exact) mass is 418 g/mol. The Labute approximate surface area is 167 Å². The predicted molar refractivity (Wildman–Crippen MR) is 113 cm³/mol. The molecule has 0 spiro atoms. The SMILES string of the molecule is CC(=NN=C(N)N)c1cn(C)c2ccc(NS(=O)(=O)c3ccc(Cl)cc3)cc12. The van der Waals surface area contributed by atoms with E-state index < -0.39 is 10.0 Å². The van der Waals surface area contributed by atoms with Crippen LogP contribution in [0.2, 0.25) is 5.02 Å². The largest absolute Gasteiger partial charge is 0.369 e. The number of hydrogen-bond donors (Lipinski definition) is 3. The second-order valence-corrected chi connectivity index (χ2v) is 8.27. The Bertz CT molecular complexity index is 1190. The van der Waals surface area contributed by atoms with Crippen LogP contribution in [-0.4, -0.2) is 24.7 Å². The molecular weight excluding hydrogens is 400 g/mol. The Morgan fingerprint density at radius 1 is 1.11 bits per heavy atom. The van der Waals surface area contributed by atoms with Crippen LogP contribution in [0.25, 0.3) is 10.9 Å². The number of anilines is 1. The summed E-state index contributed by atoms with van der Waals surface area (Å²) >= 11 is 5.83. The van der Waals surface area contributed by atoms with Crippen molar-refractivity contribution in [3.8, 4) is 0 Å². The van der Waals surface area contributed by atoms with Crippen molar-refractivity contribution in [3.63, 3.8) is 0 Å². The number of nitrogens with two attached hydrogens (primary N) is 2. The van der Waals surface area contributed by atoms with Crippen LogP contribution >= 0.6 is 11.6 Å². The standard InChI is InChI=1S/C18H19ClN6O2S/c1-11(22-23-18(20)21)16-10-25(2)17-8-5-13(9-15(16)17)24-28(26,27)14-6-3-12(19)4-7-14/h3-10,24H,1-2H3,(H4,20,21,23). The van der Waals surface area contributed by atoms with Gasteiger partial charge in [0, 0.05) is 40.4 Å². The van der Waals surface area contributed by atoms with Gasteiger partial charge in [0.15, 0.2) is 0 Å². The first kappa shape index (κ1) is 19.7. The molecule has 8 nitrogen and oxygen atoms in total. The molecule has 0 amide bonds. The van der Waals surface area contributed by atoms with Gasteiger partial charge in [0.25, 0.3) is 10.0 Å². The van der Waals surface area contributed by atoms with E-state index in [0.29, 0.717) is 16.4 Å². The fourth-order valence-corrected chi connectivity index (χ4v) is 3.93. The Morgan fingerprint density at radius 3 is 2.43 bits per heavy atom. The van der Waals surface area contributed by atoms with Gasteiger partial charge in [-0.1, -0.05) is 11.6 Å². The number of nitrogens with zero attached hydrogens (tertiary/aromatic N) is 3. The fraction of sp³-hybridized carbons (Fsp3) is 0.111. The first-order valence-corrected chi connectivity index (χ1v) is 10.0. The molecule has 0 bridgehead atoms. The summed E-state index contributed by atoms with van der Waals surface area (Å²) in [6.45, 7) is 1.77. The smallest absolute Gasteiger partial charge is 0.261 e. The average Bonchev–Trinajstić information content (AvgIpc) is 2.96. The normalized spacial score (nSPS) is 12.2. The number of aromatic nitrogens is 1. The highest BCUT2D eigenvalue weighted by Crippen LogP contribution is 2.27. The van der Waals surface area contributed by atoms with E-state index in [2.05, 4.69) is 14.9 Å². The summed E-state index contributed by atoms with van der Waals surface area (Å²) in [4.78, 5) is 0.121. The maximum atomic E-state index is 12.6. The molecule has 0 fully saturated rings. The zero-order chi connectivity index (χ0) is 20.5. The Morgan fingerprint density at radius 2 is 1.79 bits per heavy atom. The number of rotatable bonds is 5. The second-order valence-electron chi connectivity index (χ2n) is 6.16. The van der Waals surface area contributed by atoms with Crippen molar-refractivity contribution in [1.82, 2.24) is 4.57 Å². The average molecular weight is 419 g/mol. The molecule has 0 aliphatic rings. The highest BCUT2D eigenvalue weighted by atomic mass is 35.5. The van der Waals surface area contributed by atoms with Crippen LogP contribution in [0.1, 0.15) is 12.5 Å². The van der Waals surface area contributed by atoms with Crippen molar-refractivity contribution in [2.45, 2.75) is 11.8 Å². The summed E-state index contributed by atoms with van der Waals surface area (Å²) < 4.78 is 29.7. The van der Waals surface area contributed by atoms with Gasteiger partial charge in [-0.2, -0.15) is 5.10 Å². The van der Waals surface area contributed by atoms with Crippen LogP contribution in [0, 0.1) is 0 Å². The summed E-state index contributed by atoms with van der Waals surface area (Å²) in [6.07, 6.45) is 1.88. The van der Waals surface area contributed by atoms with E-state index in [1.807, 2.05) is 23.9 Å². The molecule has 0 aliphatic carbocycles. The van der Waals surface area contributed by atoms with Crippen molar-refractivity contribution in [3.05, 3.63) is 59.2 Å². The predicted octanol–water partition coefficient (Wildman–Crippen LogP) is 2.63. The molecule has 3 aromatic rings. The molecule has 0 saturated heterocycles. The molecule has 0 atom stereocenters. The number of guanidine groups is 1. The summed E-state index contributed by atoms with van der Waals surface area (Å²) in [5.74, 6) is -0.143. The van der Waals surface area contributed by atoms with Gasteiger partial charge in [-0.3, -0.25) is 4.72 Å². The van der Waals surface area contributed by atoms with Crippen LogP contribution in [0.5, 0.6) is 0 Å². The molecule has 10 heteroatoms. The third-order valence-corrected chi connectivity index (χ3v) is 5.72. The lowest BCUT2D eigenvalue weighted by Gasteiger charge is -2.09. The van der Waals surface area contributed by atoms with Gasteiger partial charge in [0.2, 0.25) is 5.96 Å². The van der Waals surface area contributed by atoms with Crippen LogP contribution < -0.4 is 16.2 Å². The number of fused-ring (bicyclic) bond motifs is 1. The maximum absolute atomic E-state index is 12.6. The van der Waals surface area contributed by atoms with Gasteiger partial charge in [-0.25, -0.2) is 8.42 Å². The summed E-state index contributed by atoms with van der Waals surface area (Å²) in [6, 6.07) is 11.2. The van der Waals surface area contributed by atoms with Crippen molar-refractivity contribution in [2.24, 2.45) is 28.7 Å². The molecule has 0 radical (unpaired) electrons. The molecule has 2 aromatic carbocycles. The van der Waals surface area contributed by atoms with Crippen LogP contribution in [0.15, 0.2) is 63.8 Å².